The van der Waals surface area contributed by atoms with Gasteiger partial charge in [-0.15, -0.1) is 0 Å². The zero-order valence-corrected chi connectivity index (χ0v) is 22.9. The molecule has 1 atom stereocenters. The summed E-state index contributed by atoms with van der Waals surface area (Å²) in [4.78, 5) is 3.69. The molecule has 4 rings (SSSR count). The number of para-hydroxylation sites is 2. The van der Waals surface area contributed by atoms with Gasteiger partial charge in [-0.1, -0.05) is 62.4 Å². The van der Waals surface area contributed by atoms with Crippen molar-refractivity contribution in [2.75, 3.05) is 9.44 Å². The molecule has 0 aliphatic heterocycles. The Morgan fingerprint density at radius 3 is 2.27 bits per heavy atom. The van der Waals surface area contributed by atoms with Gasteiger partial charge >= 0.3 is 0 Å². The van der Waals surface area contributed by atoms with Gasteiger partial charge in [0, 0.05) is 25.8 Å². The van der Waals surface area contributed by atoms with E-state index in [0.717, 1.165) is 17.9 Å². The third kappa shape index (κ3) is 7.12. The second kappa shape index (κ2) is 11.7. The Labute approximate surface area is 219 Å². The summed E-state index contributed by atoms with van der Waals surface area (Å²) < 4.78 is 58.9. The molecule has 1 aliphatic carbocycles. The van der Waals surface area contributed by atoms with Crippen LogP contribution in [0.15, 0.2) is 71.0 Å². The molecular formula is C26H35N5O4S2. The van der Waals surface area contributed by atoms with Crippen LogP contribution in [0.2, 0.25) is 0 Å². The molecule has 1 fully saturated rings. The average Bonchev–Trinajstić information content (AvgIpc) is 3.31. The Bertz CT molecular complexity index is 1410. The molecule has 0 amide bonds. The van der Waals surface area contributed by atoms with Crippen molar-refractivity contribution in [3.8, 4) is 0 Å². The van der Waals surface area contributed by atoms with Crippen molar-refractivity contribution >= 4 is 31.4 Å². The maximum absolute atomic E-state index is 13.4. The summed E-state index contributed by atoms with van der Waals surface area (Å²) in [6.07, 6.45) is 10.3. The number of hydrogen-bond donors (Lipinski definition) is 3. The van der Waals surface area contributed by atoms with Crippen molar-refractivity contribution in [1.29, 1.82) is 0 Å². The zero-order valence-electron chi connectivity index (χ0n) is 21.2. The molecule has 1 saturated carbocycles. The number of anilines is 2. The molecule has 0 radical (unpaired) electrons. The lowest BCUT2D eigenvalue weighted by Crippen LogP contribution is -2.29. The van der Waals surface area contributed by atoms with Crippen LogP contribution in [-0.4, -0.2) is 32.4 Å². The van der Waals surface area contributed by atoms with E-state index in [4.69, 9.17) is 0 Å². The van der Waals surface area contributed by atoms with Gasteiger partial charge in [0.25, 0.3) is 20.0 Å². The van der Waals surface area contributed by atoms with Crippen LogP contribution in [0.1, 0.15) is 51.0 Å². The van der Waals surface area contributed by atoms with E-state index < -0.39 is 20.0 Å². The highest BCUT2D eigenvalue weighted by atomic mass is 32.2. The van der Waals surface area contributed by atoms with Gasteiger partial charge < -0.3 is 9.88 Å². The van der Waals surface area contributed by atoms with E-state index in [0.29, 0.717) is 18.3 Å². The Kier molecular flexibility index (Phi) is 8.56. The van der Waals surface area contributed by atoms with E-state index >= 15 is 0 Å². The quantitative estimate of drug-likeness (QED) is 0.327. The molecule has 9 nitrogen and oxygen atoms in total. The number of aromatic nitrogens is 2. The van der Waals surface area contributed by atoms with E-state index in [-0.39, 0.29) is 15.6 Å². The highest BCUT2D eigenvalue weighted by molar-refractivity contribution is 7.94. The van der Waals surface area contributed by atoms with Gasteiger partial charge in [-0.05, 0) is 43.0 Å². The van der Waals surface area contributed by atoms with Crippen molar-refractivity contribution in [2.45, 2.75) is 68.0 Å². The molecule has 1 aliphatic rings. The van der Waals surface area contributed by atoms with E-state index in [1.54, 1.807) is 31.3 Å². The summed E-state index contributed by atoms with van der Waals surface area (Å²) in [7, 11) is -6.53. The molecule has 0 spiro atoms. The summed E-state index contributed by atoms with van der Waals surface area (Å²) in [5.41, 5.74) is 1.20. The van der Waals surface area contributed by atoms with Gasteiger partial charge in [-0.3, -0.25) is 9.44 Å². The fourth-order valence-corrected chi connectivity index (χ4v) is 7.17. The predicted octanol–water partition coefficient (Wildman–Crippen LogP) is 4.47. The molecule has 11 heteroatoms. The highest BCUT2D eigenvalue weighted by Crippen LogP contribution is 2.29. The number of imidazole rings is 1. The number of nitrogens with zero attached hydrogens (tertiary/aromatic N) is 2. The number of rotatable bonds is 11. The molecule has 3 aromatic rings. The Morgan fingerprint density at radius 2 is 1.57 bits per heavy atom. The topological polar surface area (TPSA) is 122 Å². The first kappa shape index (κ1) is 27.2. The first-order chi connectivity index (χ1) is 17.6. The predicted molar refractivity (Wildman–Crippen MR) is 145 cm³/mol. The van der Waals surface area contributed by atoms with Crippen LogP contribution in [0.25, 0.3) is 0 Å². The fourth-order valence-electron chi connectivity index (χ4n) is 4.77. The third-order valence-electron chi connectivity index (χ3n) is 6.69. The number of benzene rings is 2. The van der Waals surface area contributed by atoms with Crippen LogP contribution in [0.4, 0.5) is 11.4 Å². The van der Waals surface area contributed by atoms with Gasteiger partial charge in [0.15, 0.2) is 5.03 Å². The minimum atomic E-state index is -4.11. The SMILES string of the molecule is C[C@@H](CC1CCCCC1)NCc1ccccc1NS(=O)(=O)c1ccccc1NS(=O)(=O)c1cn(C)cn1. The third-order valence-corrected chi connectivity index (χ3v) is 9.37. The molecule has 37 heavy (non-hydrogen) atoms. The fraction of sp³-hybridized carbons (Fsp3) is 0.423. The first-order valence-corrected chi connectivity index (χ1v) is 15.5. The van der Waals surface area contributed by atoms with Crippen LogP contribution < -0.4 is 14.8 Å². The molecule has 1 aromatic heterocycles. The van der Waals surface area contributed by atoms with Crippen LogP contribution >= 0.6 is 0 Å². The van der Waals surface area contributed by atoms with Crippen LogP contribution in [0.3, 0.4) is 0 Å². The van der Waals surface area contributed by atoms with Crippen LogP contribution in [0, 0.1) is 5.92 Å². The molecule has 0 bridgehead atoms. The molecule has 2 aromatic carbocycles. The van der Waals surface area contributed by atoms with Crippen molar-refractivity contribution in [3.05, 3.63) is 66.6 Å². The molecular weight excluding hydrogens is 510 g/mol. The van der Waals surface area contributed by atoms with E-state index in [1.165, 1.54) is 61.3 Å². The molecule has 200 valence electrons. The smallest absolute Gasteiger partial charge is 0.280 e. The number of hydrogen-bond acceptors (Lipinski definition) is 6. The Balaban J connectivity index is 1.49. The van der Waals surface area contributed by atoms with Gasteiger partial charge in [0.1, 0.15) is 4.90 Å². The summed E-state index contributed by atoms with van der Waals surface area (Å²) in [6, 6.07) is 13.4. The maximum Gasteiger partial charge on any atom is 0.280 e. The lowest BCUT2D eigenvalue weighted by molar-refractivity contribution is 0.305. The molecule has 0 saturated heterocycles. The summed E-state index contributed by atoms with van der Waals surface area (Å²) in [6.45, 7) is 2.69. The molecule has 0 unspecified atom stereocenters. The van der Waals surface area contributed by atoms with Crippen LogP contribution in [-0.2, 0) is 33.6 Å². The summed E-state index contributed by atoms with van der Waals surface area (Å²) in [5.74, 6) is 0.747. The lowest BCUT2D eigenvalue weighted by atomic mass is 9.85. The van der Waals surface area contributed by atoms with Crippen molar-refractivity contribution in [2.24, 2.45) is 13.0 Å². The van der Waals surface area contributed by atoms with Crippen molar-refractivity contribution in [1.82, 2.24) is 14.9 Å². The van der Waals surface area contributed by atoms with E-state index in [1.807, 2.05) is 12.1 Å². The lowest BCUT2D eigenvalue weighted by Gasteiger charge is -2.25. The Morgan fingerprint density at radius 1 is 0.919 bits per heavy atom. The second-order valence-corrected chi connectivity index (χ2v) is 13.0. The van der Waals surface area contributed by atoms with E-state index in [9.17, 15) is 16.8 Å². The van der Waals surface area contributed by atoms with Crippen molar-refractivity contribution in [3.63, 3.8) is 0 Å². The summed E-state index contributed by atoms with van der Waals surface area (Å²) in [5, 5.41) is 3.34. The maximum atomic E-state index is 13.4. The number of nitrogens with one attached hydrogen (secondary N) is 3. The van der Waals surface area contributed by atoms with Crippen LogP contribution in [0.5, 0.6) is 0 Å². The van der Waals surface area contributed by atoms with Crippen molar-refractivity contribution < 1.29 is 16.8 Å². The van der Waals surface area contributed by atoms with Gasteiger partial charge in [-0.25, -0.2) is 13.4 Å². The number of aryl methyl sites for hydroxylation is 1. The normalized spacial score (nSPS) is 15.8. The van der Waals surface area contributed by atoms with Gasteiger partial charge in [0.05, 0.1) is 17.7 Å². The van der Waals surface area contributed by atoms with E-state index in [2.05, 4.69) is 26.7 Å². The highest BCUT2D eigenvalue weighted by Gasteiger charge is 2.24. The van der Waals surface area contributed by atoms with Gasteiger partial charge in [0.2, 0.25) is 0 Å². The monoisotopic (exact) mass is 545 g/mol. The zero-order chi connectivity index (χ0) is 26.5. The summed E-state index contributed by atoms with van der Waals surface area (Å²) >= 11 is 0. The standard InChI is InChI=1S/C26H35N5O4S2/c1-20(16-21-10-4-3-5-11-21)27-17-22-12-6-7-13-23(22)29-36(32,33)25-15-9-8-14-24(25)30-37(34,35)26-18-31(2)19-28-26/h6-9,12-15,18-21,27,29-30H,3-5,10-11,16-17H2,1-2H3/t20-/m0/s1. The van der Waals surface area contributed by atoms with Gasteiger partial charge in [-0.2, -0.15) is 8.42 Å². The number of sulfonamides is 2. The largest absolute Gasteiger partial charge is 0.339 e. The minimum absolute atomic E-state index is 0.0580. The Hall–Kier alpha value is -2.89. The second-order valence-electron chi connectivity index (χ2n) is 9.76. The molecule has 1 heterocycles. The molecule has 3 N–H and O–H groups in total. The average molecular weight is 546 g/mol. The minimum Gasteiger partial charge on any atom is -0.339 e. The first-order valence-electron chi connectivity index (χ1n) is 12.6.